The minimum absolute atomic E-state index is 0.0575. The molecule has 0 bridgehead atoms. The third-order valence-electron chi connectivity index (χ3n) is 4.96. The Kier molecular flexibility index (Phi) is 3.33. The Bertz CT molecular complexity index is 879. The Morgan fingerprint density at radius 3 is 2.88 bits per heavy atom. The average molecular weight is 321 g/mol. The van der Waals surface area contributed by atoms with Gasteiger partial charge in [-0.2, -0.15) is 5.10 Å². The molecular weight excluding hydrogens is 302 g/mol. The van der Waals surface area contributed by atoms with Crippen LogP contribution in [-0.4, -0.2) is 26.4 Å². The largest absolute Gasteiger partial charge is 0.343 e. The lowest BCUT2D eigenvalue weighted by Gasteiger charge is -2.37. The smallest absolute Gasteiger partial charge is 0.167 e. The van der Waals surface area contributed by atoms with E-state index in [0.717, 1.165) is 47.0 Å². The van der Waals surface area contributed by atoms with Gasteiger partial charge in [-0.25, -0.2) is 9.67 Å². The van der Waals surface area contributed by atoms with E-state index in [-0.39, 0.29) is 17.6 Å². The highest BCUT2D eigenvalue weighted by atomic mass is 16.1. The van der Waals surface area contributed by atoms with E-state index in [1.807, 2.05) is 13.0 Å². The summed E-state index contributed by atoms with van der Waals surface area (Å²) in [4.78, 5) is 20.7. The van der Waals surface area contributed by atoms with Crippen LogP contribution in [0, 0.1) is 18.8 Å². The topological polar surface area (TPSA) is 72.2 Å². The zero-order valence-electron chi connectivity index (χ0n) is 13.8. The molecule has 1 fully saturated rings. The molecule has 6 nitrogen and oxygen atoms in total. The van der Waals surface area contributed by atoms with Crippen molar-refractivity contribution < 1.29 is 4.79 Å². The molecule has 1 aliphatic heterocycles. The van der Waals surface area contributed by atoms with Crippen LogP contribution in [-0.2, 0) is 4.79 Å². The van der Waals surface area contributed by atoms with Crippen LogP contribution in [0.2, 0.25) is 0 Å². The molecule has 2 atom stereocenters. The van der Waals surface area contributed by atoms with Gasteiger partial charge in [-0.3, -0.25) is 9.78 Å². The molecule has 0 spiro atoms. The van der Waals surface area contributed by atoms with Crippen molar-refractivity contribution in [1.29, 1.82) is 0 Å². The maximum Gasteiger partial charge on any atom is 0.167 e. The van der Waals surface area contributed by atoms with Crippen LogP contribution in [0.15, 0.2) is 36.2 Å². The van der Waals surface area contributed by atoms with Gasteiger partial charge in [-0.15, -0.1) is 0 Å². The van der Waals surface area contributed by atoms with Crippen molar-refractivity contribution in [3.63, 3.8) is 0 Å². The Hall–Kier alpha value is -2.76. The van der Waals surface area contributed by atoms with Gasteiger partial charge in [0.1, 0.15) is 11.6 Å². The number of rotatable bonds is 3. The van der Waals surface area contributed by atoms with Crippen LogP contribution in [0.4, 0.5) is 5.82 Å². The first-order valence-corrected chi connectivity index (χ1v) is 8.10. The SMILES string of the molecule is C=C1NC([C@@H]2CC[C@H]2C(C)=O)=Nc2c1cnn2-c1cnccc1C. The van der Waals surface area contributed by atoms with Gasteiger partial charge in [-0.05, 0) is 38.3 Å². The van der Waals surface area contributed by atoms with Crippen LogP contribution in [0.3, 0.4) is 0 Å². The van der Waals surface area contributed by atoms with E-state index in [0.29, 0.717) is 0 Å². The van der Waals surface area contributed by atoms with Gasteiger partial charge < -0.3 is 5.32 Å². The second-order valence-corrected chi connectivity index (χ2v) is 6.46. The number of amidine groups is 1. The third kappa shape index (κ3) is 2.18. The molecule has 0 saturated heterocycles. The lowest BCUT2D eigenvalue weighted by molar-refractivity contribution is -0.124. The summed E-state index contributed by atoms with van der Waals surface area (Å²) in [6.45, 7) is 7.77. The maximum atomic E-state index is 11.8. The van der Waals surface area contributed by atoms with Gasteiger partial charge in [0.05, 0.1) is 23.6 Å². The van der Waals surface area contributed by atoms with E-state index in [1.54, 1.807) is 30.2 Å². The second-order valence-electron chi connectivity index (χ2n) is 6.46. The third-order valence-corrected chi connectivity index (χ3v) is 4.96. The first-order valence-electron chi connectivity index (χ1n) is 8.10. The highest BCUT2D eigenvalue weighted by Gasteiger charge is 2.39. The summed E-state index contributed by atoms with van der Waals surface area (Å²) in [6, 6.07) is 1.95. The number of fused-ring (bicyclic) bond motifs is 1. The normalized spacial score (nSPS) is 22.2. The van der Waals surface area contributed by atoms with Crippen molar-refractivity contribution in [2.45, 2.75) is 26.7 Å². The molecule has 24 heavy (non-hydrogen) atoms. The van der Waals surface area contributed by atoms with Crippen LogP contribution in [0.1, 0.15) is 30.9 Å². The number of aryl methyl sites for hydroxylation is 1. The Labute approximate surface area is 140 Å². The van der Waals surface area contributed by atoms with Gasteiger partial charge in [0.15, 0.2) is 5.82 Å². The lowest BCUT2D eigenvalue weighted by Crippen LogP contribution is -2.43. The quantitative estimate of drug-likeness (QED) is 0.943. The van der Waals surface area contributed by atoms with E-state index < -0.39 is 0 Å². The zero-order valence-corrected chi connectivity index (χ0v) is 13.8. The van der Waals surface area contributed by atoms with E-state index >= 15 is 0 Å². The molecule has 122 valence electrons. The fourth-order valence-electron chi connectivity index (χ4n) is 3.37. The molecule has 1 saturated carbocycles. The van der Waals surface area contributed by atoms with Crippen molar-refractivity contribution in [3.8, 4) is 5.69 Å². The van der Waals surface area contributed by atoms with Crippen LogP contribution in [0.5, 0.6) is 0 Å². The lowest BCUT2D eigenvalue weighted by atomic mass is 9.70. The van der Waals surface area contributed by atoms with Gasteiger partial charge in [0, 0.05) is 23.7 Å². The van der Waals surface area contributed by atoms with Crippen molar-refractivity contribution in [2.24, 2.45) is 16.8 Å². The molecule has 2 aromatic rings. The number of aromatic nitrogens is 3. The van der Waals surface area contributed by atoms with E-state index in [2.05, 4.69) is 22.0 Å². The molecule has 4 rings (SSSR count). The van der Waals surface area contributed by atoms with Crippen LogP contribution < -0.4 is 5.32 Å². The van der Waals surface area contributed by atoms with Crippen molar-refractivity contribution >= 4 is 23.1 Å². The number of hydrogen-bond donors (Lipinski definition) is 1. The summed E-state index contributed by atoms with van der Waals surface area (Å²) in [5.74, 6) is 2.00. The van der Waals surface area contributed by atoms with E-state index in [9.17, 15) is 4.79 Å². The highest BCUT2D eigenvalue weighted by Crippen LogP contribution is 2.39. The first-order chi connectivity index (χ1) is 11.6. The second kappa shape index (κ2) is 5.40. The first kappa shape index (κ1) is 14.8. The number of aliphatic imine (C=N–C) groups is 1. The van der Waals surface area contributed by atoms with E-state index in [4.69, 9.17) is 4.99 Å². The Morgan fingerprint density at radius 1 is 1.38 bits per heavy atom. The molecule has 1 aliphatic carbocycles. The van der Waals surface area contributed by atoms with Crippen LogP contribution >= 0.6 is 0 Å². The number of pyridine rings is 1. The number of carbonyl (C=O) groups is 1. The predicted molar refractivity (Wildman–Crippen MR) is 92.3 cm³/mol. The number of Topliss-reactive ketones (excluding diaryl/α,β-unsaturated/α-hetero) is 1. The minimum atomic E-state index is 0.0575. The fourth-order valence-corrected chi connectivity index (χ4v) is 3.37. The summed E-state index contributed by atoms with van der Waals surface area (Å²) in [5, 5.41) is 7.75. The number of nitrogens with zero attached hydrogens (tertiary/aromatic N) is 4. The highest BCUT2D eigenvalue weighted by molar-refractivity contribution is 6.01. The summed E-state index contributed by atoms with van der Waals surface area (Å²) < 4.78 is 1.80. The molecule has 0 aromatic carbocycles. The number of nitrogens with one attached hydrogen (secondary N) is 1. The fraction of sp³-hybridized carbons (Fsp3) is 0.333. The molecule has 2 aromatic heterocycles. The minimum Gasteiger partial charge on any atom is -0.343 e. The van der Waals surface area contributed by atoms with Crippen molar-refractivity contribution in [1.82, 2.24) is 20.1 Å². The monoisotopic (exact) mass is 321 g/mol. The van der Waals surface area contributed by atoms with Crippen molar-refractivity contribution in [2.75, 3.05) is 0 Å². The van der Waals surface area contributed by atoms with E-state index in [1.165, 1.54) is 0 Å². The molecule has 6 heteroatoms. The summed E-state index contributed by atoms with van der Waals surface area (Å²) in [7, 11) is 0. The molecular formula is C18H19N5O. The van der Waals surface area contributed by atoms with Gasteiger partial charge in [0.25, 0.3) is 0 Å². The standard InChI is InChI=1S/C18H19N5O/c1-10-6-7-19-9-16(10)23-18-15(8-20-23)11(2)21-17(22-18)14-5-4-13(14)12(3)24/h6-9,13-14H,2,4-5H2,1,3H3,(H,21,22)/t13-,14+/m0/s1. The summed E-state index contributed by atoms with van der Waals surface area (Å²) in [6.07, 6.45) is 7.21. The molecule has 0 radical (unpaired) electrons. The van der Waals surface area contributed by atoms with Gasteiger partial charge >= 0.3 is 0 Å². The molecule has 3 heterocycles. The average Bonchev–Trinajstić information content (AvgIpc) is 2.90. The number of hydrogen-bond acceptors (Lipinski definition) is 5. The Balaban J connectivity index is 1.79. The molecule has 2 aliphatic rings. The predicted octanol–water partition coefficient (Wildman–Crippen LogP) is 2.79. The summed E-state index contributed by atoms with van der Waals surface area (Å²) in [5.41, 5.74) is 3.62. The molecule has 1 N–H and O–H groups in total. The Morgan fingerprint density at radius 2 is 2.21 bits per heavy atom. The zero-order chi connectivity index (χ0) is 16.8. The van der Waals surface area contributed by atoms with Crippen LogP contribution in [0.25, 0.3) is 11.4 Å². The molecule has 0 unspecified atom stereocenters. The number of ketones is 1. The maximum absolute atomic E-state index is 11.8. The van der Waals surface area contributed by atoms with Crippen molar-refractivity contribution in [3.05, 3.63) is 42.4 Å². The van der Waals surface area contributed by atoms with Gasteiger partial charge in [-0.1, -0.05) is 6.58 Å². The van der Waals surface area contributed by atoms with Gasteiger partial charge in [0.2, 0.25) is 0 Å². The summed E-state index contributed by atoms with van der Waals surface area (Å²) >= 11 is 0. The number of carbonyl (C=O) groups excluding carboxylic acids is 1. The molecule has 0 amide bonds.